The van der Waals surface area contributed by atoms with E-state index in [-0.39, 0.29) is 29.1 Å². The molecule has 2 N–H and O–H groups in total. The van der Waals surface area contributed by atoms with E-state index in [9.17, 15) is 18.3 Å². The molecule has 5 rings (SSSR count). The highest BCUT2D eigenvalue weighted by Crippen LogP contribution is 2.26. The number of likely N-dealkylation sites (tertiary alicyclic amines) is 1. The number of nitrogens with zero attached hydrogens (tertiary/aromatic N) is 4. The molecule has 0 aliphatic carbocycles. The van der Waals surface area contributed by atoms with Gasteiger partial charge in [-0.25, -0.2) is 18.4 Å². The molecule has 2 aliphatic rings. The monoisotopic (exact) mass is 507 g/mol. The standard InChI is InChI=1S/C26H29N5O4S/c1-36(34,35)21-8-4-7-20(13-21)29-25-14-22(27-17-28-25)26(33)31-12-10-23(24(32)16-31)30-11-9-18-5-2-3-6-19(18)15-30/h2-8,13-14,17,23-24,32H,9-12,15-16H2,1H3,(H,27,28,29)/t23-,24-/m1/s1. The average molecular weight is 508 g/mol. The van der Waals surface area contributed by atoms with Gasteiger partial charge in [-0.1, -0.05) is 30.3 Å². The molecule has 188 valence electrons. The smallest absolute Gasteiger partial charge is 0.272 e. The number of fused-ring (bicyclic) bond motifs is 1. The minimum absolute atomic E-state index is 0.00662. The van der Waals surface area contributed by atoms with Gasteiger partial charge < -0.3 is 15.3 Å². The van der Waals surface area contributed by atoms with Crippen LogP contribution in [0.25, 0.3) is 0 Å². The predicted molar refractivity (Wildman–Crippen MR) is 136 cm³/mol. The van der Waals surface area contributed by atoms with Crippen LogP contribution in [0, 0.1) is 0 Å². The summed E-state index contributed by atoms with van der Waals surface area (Å²) >= 11 is 0. The molecule has 0 saturated carbocycles. The summed E-state index contributed by atoms with van der Waals surface area (Å²) in [6.07, 6.45) is 3.45. The largest absolute Gasteiger partial charge is 0.390 e. The van der Waals surface area contributed by atoms with Gasteiger partial charge in [0.1, 0.15) is 17.8 Å². The number of aliphatic hydroxyl groups is 1. The molecule has 0 radical (unpaired) electrons. The Balaban J connectivity index is 1.24. The van der Waals surface area contributed by atoms with Crippen molar-refractivity contribution in [2.45, 2.75) is 36.4 Å². The normalized spacial score (nSPS) is 20.6. The molecule has 36 heavy (non-hydrogen) atoms. The van der Waals surface area contributed by atoms with E-state index in [0.717, 1.165) is 25.8 Å². The highest BCUT2D eigenvalue weighted by molar-refractivity contribution is 7.90. The topological polar surface area (TPSA) is 116 Å². The van der Waals surface area contributed by atoms with Gasteiger partial charge in [0, 0.05) is 50.2 Å². The van der Waals surface area contributed by atoms with Gasteiger partial charge in [-0.3, -0.25) is 9.69 Å². The number of β-amino-alcohol motifs (C(OH)–C–C–N with tert-alkyl or cyclic N) is 1. The van der Waals surface area contributed by atoms with Crippen LogP contribution in [0.5, 0.6) is 0 Å². The summed E-state index contributed by atoms with van der Waals surface area (Å²) in [6.45, 7) is 2.48. The molecule has 1 fully saturated rings. The molecule has 1 saturated heterocycles. The Kier molecular flexibility index (Phi) is 6.74. The minimum Gasteiger partial charge on any atom is -0.390 e. The Morgan fingerprint density at radius 2 is 1.86 bits per heavy atom. The van der Waals surface area contributed by atoms with Gasteiger partial charge in [-0.15, -0.1) is 0 Å². The Morgan fingerprint density at radius 3 is 2.64 bits per heavy atom. The number of anilines is 2. The number of carbonyl (C=O) groups is 1. The zero-order valence-electron chi connectivity index (χ0n) is 20.0. The van der Waals surface area contributed by atoms with E-state index < -0.39 is 15.9 Å². The van der Waals surface area contributed by atoms with Crippen LogP contribution in [0.3, 0.4) is 0 Å². The number of benzene rings is 2. The van der Waals surface area contributed by atoms with Crippen molar-refractivity contribution in [3.8, 4) is 0 Å². The van der Waals surface area contributed by atoms with Crippen molar-refractivity contribution in [3.63, 3.8) is 0 Å². The third-order valence-corrected chi connectivity index (χ3v) is 7.99. The van der Waals surface area contributed by atoms with Crippen molar-refractivity contribution in [2.24, 2.45) is 0 Å². The van der Waals surface area contributed by atoms with Crippen molar-refractivity contribution in [2.75, 3.05) is 31.2 Å². The van der Waals surface area contributed by atoms with Gasteiger partial charge in [0.2, 0.25) is 0 Å². The van der Waals surface area contributed by atoms with Crippen molar-refractivity contribution in [3.05, 3.63) is 77.7 Å². The number of sulfone groups is 1. The summed E-state index contributed by atoms with van der Waals surface area (Å²) in [5.74, 6) is 0.105. The molecular weight excluding hydrogens is 478 g/mol. The number of piperidine rings is 1. The van der Waals surface area contributed by atoms with E-state index in [2.05, 4.69) is 38.4 Å². The third-order valence-electron chi connectivity index (χ3n) is 6.88. The second kappa shape index (κ2) is 9.96. The van der Waals surface area contributed by atoms with Gasteiger partial charge in [-0.2, -0.15) is 0 Å². The summed E-state index contributed by atoms with van der Waals surface area (Å²) in [6, 6.07) is 16.4. The first kappa shape index (κ1) is 24.4. The van der Waals surface area contributed by atoms with Gasteiger partial charge in [0.05, 0.1) is 11.0 Å². The number of hydrogen-bond acceptors (Lipinski definition) is 8. The zero-order chi connectivity index (χ0) is 25.3. The maximum absolute atomic E-state index is 13.2. The molecule has 0 bridgehead atoms. The summed E-state index contributed by atoms with van der Waals surface area (Å²) in [5.41, 5.74) is 3.42. The number of aromatic nitrogens is 2. The zero-order valence-corrected chi connectivity index (χ0v) is 20.9. The predicted octanol–water partition coefficient (Wildman–Crippen LogP) is 2.26. The maximum atomic E-state index is 13.2. The van der Waals surface area contributed by atoms with Crippen LogP contribution in [-0.4, -0.2) is 77.2 Å². The van der Waals surface area contributed by atoms with Gasteiger partial charge in [0.25, 0.3) is 5.91 Å². The van der Waals surface area contributed by atoms with E-state index in [0.29, 0.717) is 24.5 Å². The second-order valence-corrected chi connectivity index (χ2v) is 11.4. The van der Waals surface area contributed by atoms with Gasteiger partial charge in [-0.05, 0) is 42.2 Å². The van der Waals surface area contributed by atoms with Crippen LogP contribution >= 0.6 is 0 Å². The van der Waals surface area contributed by atoms with Crippen molar-refractivity contribution < 1.29 is 18.3 Å². The molecule has 3 aromatic rings. The molecule has 9 nitrogen and oxygen atoms in total. The molecule has 2 atom stereocenters. The number of rotatable bonds is 5. The number of amides is 1. The SMILES string of the molecule is CS(=O)(=O)c1cccc(Nc2cc(C(=O)N3CC[C@@H](N4CCc5ccccc5C4)[C@H](O)C3)ncn2)c1. The Labute approximate surface area is 210 Å². The lowest BCUT2D eigenvalue weighted by molar-refractivity contribution is -0.0139. The van der Waals surface area contributed by atoms with Gasteiger partial charge >= 0.3 is 0 Å². The molecule has 1 amide bonds. The molecule has 0 spiro atoms. The van der Waals surface area contributed by atoms with Crippen LogP contribution in [0.15, 0.2) is 65.8 Å². The summed E-state index contributed by atoms with van der Waals surface area (Å²) in [5, 5.41) is 14.0. The lowest BCUT2D eigenvalue weighted by Gasteiger charge is -2.43. The third kappa shape index (κ3) is 5.25. The molecule has 2 aliphatic heterocycles. The number of aliphatic hydroxyl groups excluding tert-OH is 1. The quantitative estimate of drug-likeness (QED) is 0.540. The summed E-state index contributed by atoms with van der Waals surface area (Å²) in [7, 11) is -3.35. The fraction of sp³-hybridized carbons (Fsp3) is 0.346. The van der Waals surface area contributed by atoms with Gasteiger partial charge in [0.15, 0.2) is 9.84 Å². The first-order chi connectivity index (χ1) is 17.3. The Morgan fingerprint density at radius 1 is 1.06 bits per heavy atom. The van der Waals surface area contributed by atoms with E-state index in [1.54, 1.807) is 17.0 Å². The lowest BCUT2D eigenvalue weighted by atomic mass is 9.94. The summed E-state index contributed by atoms with van der Waals surface area (Å²) < 4.78 is 23.7. The highest BCUT2D eigenvalue weighted by atomic mass is 32.2. The van der Waals surface area contributed by atoms with E-state index in [1.807, 2.05) is 6.07 Å². The van der Waals surface area contributed by atoms with Crippen LogP contribution in [0.4, 0.5) is 11.5 Å². The lowest BCUT2D eigenvalue weighted by Crippen LogP contribution is -2.56. The van der Waals surface area contributed by atoms with Crippen molar-refractivity contribution in [1.29, 1.82) is 0 Å². The maximum Gasteiger partial charge on any atom is 0.272 e. The Hall–Kier alpha value is -3.34. The minimum atomic E-state index is -3.35. The van der Waals surface area contributed by atoms with Crippen LogP contribution in [0.1, 0.15) is 28.0 Å². The first-order valence-corrected chi connectivity index (χ1v) is 13.8. The molecule has 0 unspecified atom stereocenters. The average Bonchev–Trinajstić information content (AvgIpc) is 2.88. The molecule has 10 heteroatoms. The number of nitrogens with one attached hydrogen (secondary N) is 1. The highest BCUT2D eigenvalue weighted by Gasteiger charge is 2.35. The number of hydrogen-bond donors (Lipinski definition) is 2. The fourth-order valence-electron chi connectivity index (χ4n) is 4.99. The van der Waals surface area contributed by atoms with Crippen LogP contribution < -0.4 is 5.32 Å². The fourth-order valence-corrected chi connectivity index (χ4v) is 5.65. The van der Waals surface area contributed by atoms with Crippen molar-refractivity contribution in [1.82, 2.24) is 19.8 Å². The van der Waals surface area contributed by atoms with Crippen molar-refractivity contribution >= 4 is 27.2 Å². The first-order valence-electron chi connectivity index (χ1n) is 12.0. The molecular formula is C26H29N5O4S. The molecule has 2 aromatic carbocycles. The Bertz CT molecular complexity index is 1380. The van der Waals surface area contributed by atoms with E-state index in [4.69, 9.17) is 0 Å². The van der Waals surface area contributed by atoms with Crippen LogP contribution in [-0.2, 0) is 22.8 Å². The second-order valence-electron chi connectivity index (χ2n) is 9.38. The summed E-state index contributed by atoms with van der Waals surface area (Å²) in [4.78, 5) is 25.6. The van der Waals surface area contributed by atoms with E-state index in [1.165, 1.54) is 35.7 Å². The molecule has 1 aromatic heterocycles. The van der Waals surface area contributed by atoms with E-state index >= 15 is 0 Å². The van der Waals surface area contributed by atoms with Crippen LogP contribution in [0.2, 0.25) is 0 Å². The molecule has 3 heterocycles. The number of carbonyl (C=O) groups excluding carboxylic acids is 1.